The fraction of sp³-hybridized carbons (Fsp3) is 0.174. The Morgan fingerprint density at radius 2 is 1.39 bits per heavy atom. The second-order valence-electron chi connectivity index (χ2n) is 6.99. The van der Waals surface area contributed by atoms with Crippen LogP contribution < -0.4 is 4.74 Å². The van der Waals surface area contributed by atoms with E-state index in [1.165, 1.54) is 30.3 Å². The lowest BCUT2D eigenvalue weighted by atomic mass is 9.99. The summed E-state index contributed by atoms with van der Waals surface area (Å²) in [7, 11) is 0. The Balaban J connectivity index is 1.55. The number of nitrogens with zero attached hydrogens (tertiary/aromatic N) is 1. The first-order valence-electron chi connectivity index (χ1n) is 9.36. The van der Waals surface area contributed by atoms with Crippen molar-refractivity contribution in [3.05, 3.63) is 89.5 Å². The topological polar surface area (TPSA) is 30.8 Å². The molecule has 4 rings (SSSR count). The van der Waals surface area contributed by atoms with E-state index < -0.39 is 30.1 Å². The van der Waals surface area contributed by atoms with Gasteiger partial charge in [-0.15, -0.1) is 13.2 Å². The van der Waals surface area contributed by atoms with Crippen LogP contribution >= 0.6 is 0 Å². The van der Waals surface area contributed by atoms with Crippen molar-refractivity contribution >= 4 is 5.90 Å². The third-order valence-electron chi connectivity index (χ3n) is 4.85. The normalized spacial score (nSPS) is 18.5. The smallest absolute Gasteiger partial charge is 0.472 e. The third kappa shape index (κ3) is 4.52. The van der Waals surface area contributed by atoms with Crippen molar-refractivity contribution in [2.45, 2.75) is 25.4 Å². The average Bonchev–Trinajstić information content (AvgIpc) is 3.08. The number of aliphatic imine (C=N–C) groups is 1. The van der Waals surface area contributed by atoms with Gasteiger partial charge in [0.2, 0.25) is 5.90 Å². The van der Waals surface area contributed by atoms with Gasteiger partial charge in [-0.05, 0) is 47.9 Å². The summed E-state index contributed by atoms with van der Waals surface area (Å²) < 4.78 is 74.4. The summed E-state index contributed by atoms with van der Waals surface area (Å²) in [4.78, 5) is 4.37. The fourth-order valence-electron chi connectivity index (χ4n) is 3.40. The Hall–Kier alpha value is -3.42. The molecule has 31 heavy (non-hydrogen) atoms. The lowest BCUT2D eigenvalue weighted by Gasteiger charge is -2.14. The Morgan fingerprint density at radius 3 is 1.94 bits per heavy atom. The third-order valence-corrected chi connectivity index (χ3v) is 4.85. The summed E-state index contributed by atoms with van der Waals surface area (Å²) in [6, 6.07) is 15.8. The molecule has 0 unspecified atom stereocenters. The van der Waals surface area contributed by atoms with Gasteiger partial charge < -0.3 is 9.47 Å². The Morgan fingerprint density at radius 1 is 0.839 bits per heavy atom. The van der Waals surface area contributed by atoms with Crippen molar-refractivity contribution in [1.82, 2.24) is 0 Å². The molecule has 0 saturated carbocycles. The zero-order valence-corrected chi connectivity index (χ0v) is 16.2. The van der Waals surface area contributed by atoms with Gasteiger partial charge in [-0.1, -0.05) is 42.5 Å². The van der Waals surface area contributed by atoms with Crippen LogP contribution in [0.25, 0.3) is 11.1 Å². The first kappa shape index (κ1) is 20.8. The van der Waals surface area contributed by atoms with Crippen LogP contribution in [0, 0.1) is 11.6 Å². The van der Waals surface area contributed by atoms with Gasteiger partial charge in [0.1, 0.15) is 35.1 Å². The second kappa shape index (κ2) is 8.02. The quantitative estimate of drug-likeness (QED) is 0.444. The molecule has 0 fully saturated rings. The summed E-state index contributed by atoms with van der Waals surface area (Å²) in [6.45, 7) is 1.76. The molecule has 0 N–H and O–H groups in total. The van der Waals surface area contributed by atoms with E-state index in [2.05, 4.69) is 9.73 Å². The summed E-state index contributed by atoms with van der Waals surface area (Å²) in [6.07, 6.45) is -5.17. The summed E-state index contributed by atoms with van der Waals surface area (Å²) >= 11 is 0. The molecule has 0 aliphatic carbocycles. The molecule has 0 saturated heterocycles. The maximum atomic E-state index is 14.0. The first-order chi connectivity index (χ1) is 14.7. The molecule has 3 aromatic carbocycles. The number of alkyl halides is 3. The molecule has 8 heteroatoms. The highest BCUT2D eigenvalue weighted by atomic mass is 19.4. The van der Waals surface area contributed by atoms with Crippen molar-refractivity contribution in [2.75, 3.05) is 0 Å². The van der Waals surface area contributed by atoms with Crippen LogP contribution in [-0.2, 0) is 4.74 Å². The highest BCUT2D eigenvalue weighted by Gasteiger charge is 2.32. The van der Waals surface area contributed by atoms with Crippen molar-refractivity contribution in [3.8, 4) is 16.9 Å². The van der Waals surface area contributed by atoms with Gasteiger partial charge in [0.15, 0.2) is 0 Å². The average molecular weight is 433 g/mol. The molecule has 0 spiro atoms. The number of hydrogen-bond acceptors (Lipinski definition) is 3. The van der Waals surface area contributed by atoms with Crippen molar-refractivity contribution in [1.29, 1.82) is 0 Å². The molecule has 0 amide bonds. The van der Waals surface area contributed by atoms with Gasteiger partial charge in [0.05, 0.1) is 0 Å². The van der Waals surface area contributed by atoms with Crippen molar-refractivity contribution in [3.63, 3.8) is 0 Å². The molecular weight excluding hydrogens is 417 g/mol. The minimum Gasteiger partial charge on any atom is -0.472 e. The van der Waals surface area contributed by atoms with Crippen LogP contribution in [0.4, 0.5) is 22.0 Å². The molecule has 0 bridgehead atoms. The van der Waals surface area contributed by atoms with Crippen LogP contribution in [-0.4, -0.2) is 18.4 Å². The summed E-state index contributed by atoms with van der Waals surface area (Å²) in [5.41, 5.74) is 1.96. The Bertz CT molecular complexity index is 1090. The largest absolute Gasteiger partial charge is 0.573 e. The monoisotopic (exact) mass is 433 g/mol. The highest BCUT2D eigenvalue weighted by molar-refractivity contribution is 5.96. The van der Waals surface area contributed by atoms with E-state index in [0.29, 0.717) is 5.56 Å². The Kier molecular flexibility index (Phi) is 5.39. The van der Waals surface area contributed by atoms with Crippen LogP contribution in [0.15, 0.2) is 71.7 Å². The van der Waals surface area contributed by atoms with Crippen LogP contribution in [0.3, 0.4) is 0 Å². The minimum absolute atomic E-state index is 0.0857. The lowest BCUT2D eigenvalue weighted by molar-refractivity contribution is -0.274. The SMILES string of the molecule is C[C@H]1OC(c2c(F)cccc2F)=N[C@@H]1c1ccc(-c2ccc(OC(F)(F)F)cc2)cc1. The van der Waals surface area contributed by atoms with Gasteiger partial charge in [-0.25, -0.2) is 13.8 Å². The van der Waals surface area contributed by atoms with Crippen LogP contribution in [0.5, 0.6) is 5.75 Å². The van der Waals surface area contributed by atoms with Gasteiger partial charge >= 0.3 is 6.36 Å². The molecule has 3 nitrogen and oxygen atoms in total. The zero-order chi connectivity index (χ0) is 22.2. The predicted octanol–water partition coefficient (Wildman–Crippen LogP) is 6.44. The maximum absolute atomic E-state index is 14.0. The highest BCUT2D eigenvalue weighted by Crippen LogP contribution is 2.33. The zero-order valence-electron chi connectivity index (χ0n) is 16.2. The molecule has 1 heterocycles. The maximum Gasteiger partial charge on any atom is 0.573 e. The molecule has 0 radical (unpaired) electrons. The van der Waals surface area contributed by atoms with E-state index in [0.717, 1.165) is 23.3 Å². The molecule has 0 aromatic heterocycles. The number of rotatable bonds is 4. The standard InChI is InChI=1S/C23H16F5NO2/c1-13-21(29-22(30-13)20-18(24)3-2-4-19(20)25)16-7-5-14(6-8-16)15-9-11-17(12-10-15)31-23(26,27)28/h2-13,21H,1H3/t13-,21+/m1/s1. The van der Waals surface area contributed by atoms with Crippen molar-refractivity contribution < 1.29 is 31.4 Å². The van der Waals surface area contributed by atoms with Gasteiger partial charge in [-0.2, -0.15) is 0 Å². The fourth-order valence-corrected chi connectivity index (χ4v) is 3.40. The number of ether oxygens (including phenoxy) is 2. The first-order valence-corrected chi connectivity index (χ1v) is 9.36. The minimum atomic E-state index is -4.74. The second-order valence-corrected chi connectivity index (χ2v) is 6.99. The molecule has 3 aromatic rings. The van der Waals surface area contributed by atoms with Gasteiger partial charge in [0, 0.05) is 0 Å². The summed E-state index contributed by atoms with van der Waals surface area (Å²) in [5, 5.41) is 0. The van der Waals surface area contributed by atoms with Crippen LogP contribution in [0.2, 0.25) is 0 Å². The van der Waals surface area contributed by atoms with Gasteiger partial charge in [-0.3, -0.25) is 0 Å². The van der Waals surface area contributed by atoms with E-state index in [9.17, 15) is 22.0 Å². The molecule has 2 atom stereocenters. The van der Waals surface area contributed by atoms with Gasteiger partial charge in [0.25, 0.3) is 0 Å². The van der Waals surface area contributed by atoms with E-state index in [1.54, 1.807) is 31.2 Å². The van der Waals surface area contributed by atoms with E-state index in [4.69, 9.17) is 4.74 Å². The predicted molar refractivity (Wildman–Crippen MR) is 105 cm³/mol. The van der Waals surface area contributed by atoms with Crippen molar-refractivity contribution in [2.24, 2.45) is 4.99 Å². The summed E-state index contributed by atoms with van der Waals surface area (Å²) in [5.74, 6) is -1.88. The van der Waals surface area contributed by atoms with Crippen LogP contribution in [0.1, 0.15) is 24.1 Å². The molecule has 1 aliphatic heterocycles. The molecular formula is C23H16F5NO2. The number of hydrogen-bond donors (Lipinski definition) is 0. The number of benzene rings is 3. The number of halogens is 5. The molecule has 160 valence electrons. The van der Waals surface area contributed by atoms with E-state index >= 15 is 0 Å². The molecule has 1 aliphatic rings. The van der Waals surface area contributed by atoms with E-state index in [1.807, 2.05) is 0 Å². The lowest BCUT2D eigenvalue weighted by Crippen LogP contribution is -2.16. The van der Waals surface area contributed by atoms with E-state index in [-0.39, 0.29) is 17.2 Å². The Labute approximate surface area is 174 Å².